The van der Waals surface area contributed by atoms with Gasteiger partial charge in [0.15, 0.2) is 11.6 Å². The fourth-order valence-electron chi connectivity index (χ4n) is 3.50. The number of anilines is 1. The van der Waals surface area contributed by atoms with E-state index in [9.17, 15) is 4.39 Å². The number of ether oxygens (including phenoxy) is 1. The summed E-state index contributed by atoms with van der Waals surface area (Å²) in [4.78, 5) is 11.4. The molecule has 2 heterocycles. The molecule has 0 bridgehead atoms. The van der Waals surface area contributed by atoms with Crippen LogP contribution in [0.15, 0.2) is 30.5 Å². The number of nitrogens with one attached hydrogen (secondary N) is 1. The Hall–Kier alpha value is -2.21. The Morgan fingerprint density at radius 2 is 2.00 bits per heavy atom. The van der Waals surface area contributed by atoms with Crippen molar-refractivity contribution in [3.8, 4) is 5.75 Å². The molecule has 4 rings (SSSR count). The molecule has 2 aromatic rings. The largest absolute Gasteiger partial charge is 0.494 e. The van der Waals surface area contributed by atoms with Crippen LogP contribution in [0.5, 0.6) is 5.75 Å². The van der Waals surface area contributed by atoms with Crippen LogP contribution in [-0.2, 0) is 6.54 Å². The van der Waals surface area contributed by atoms with Gasteiger partial charge in [0.1, 0.15) is 11.6 Å². The Kier molecular flexibility index (Phi) is 5.02. The normalized spacial score (nSPS) is 18.7. The van der Waals surface area contributed by atoms with Crippen LogP contribution in [-0.4, -0.2) is 41.1 Å². The van der Waals surface area contributed by atoms with Crippen molar-refractivity contribution in [1.29, 1.82) is 0 Å². The highest BCUT2D eigenvalue weighted by molar-refractivity contribution is 5.35. The Bertz CT molecular complexity index is 757. The number of piperidine rings is 1. The van der Waals surface area contributed by atoms with Crippen LogP contribution in [0.2, 0.25) is 0 Å². The van der Waals surface area contributed by atoms with Gasteiger partial charge < -0.3 is 10.1 Å². The summed E-state index contributed by atoms with van der Waals surface area (Å²) in [6.07, 6.45) is 6.40. The summed E-state index contributed by atoms with van der Waals surface area (Å²) >= 11 is 0. The highest BCUT2D eigenvalue weighted by atomic mass is 19.1. The quantitative estimate of drug-likeness (QED) is 0.857. The first-order valence-corrected chi connectivity index (χ1v) is 9.35. The van der Waals surface area contributed by atoms with Gasteiger partial charge in [-0.05, 0) is 49.4 Å². The molecule has 1 aliphatic heterocycles. The van der Waals surface area contributed by atoms with E-state index in [1.807, 2.05) is 18.3 Å². The van der Waals surface area contributed by atoms with Crippen molar-refractivity contribution in [1.82, 2.24) is 14.9 Å². The Balaban J connectivity index is 1.28. The fourth-order valence-corrected chi connectivity index (χ4v) is 3.50. The van der Waals surface area contributed by atoms with E-state index in [1.165, 1.54) is 20.0 Å². The summed E-state index contributed by atoms with van der Waals surface area (Å²) in [5.74, 6) is 2.50. The Morgan fingerprint density at radius 1 is 1.19 bits per heavy atom. The molecular weight excluding hydrogens is 331 g/mol. The van der Waals surface area contributed by atoms with Gasteiger partial charge in [0, 0.05) is 37.8 Å². The third-order valence-corrected chi connectivity index (χ3v) is 5.18. The summed E-state index contributed by atoms with van der Waals surface area (Å²) in [6.45, 7) is 2.75. The first-order chi connectivity index (χ1) is 12.7. The molecule has 138 valence electrons. The van der Waals surface area contributed by atoms with Gasteiger partial charge in [-0.1, -0.05) is 6.07 Å². The first-order valence-electron chi connectivity index (χ1n) is 9.35. The van der Waals surface area contributed by atoms with Crippen LogP contribution < -0.4 is 10.1 Å². The summed E-state index contributed by atoms with van der Waals surface area (Å²) in [7, 11) is 1.49. The SMILES string of the molecule is COc1ccc(CN2CCC(Nc3ccnc(C4CC4)n3)CC2)cc1F. The minimum absolute atomic E-state index is 0.295. The van der Waals surface area contributed by atoms with Gasteiger partial charge in [0.2, 0.25) is 0 Å². The third-order valence-electron chi connectivity index (χ3n) is 5.18. The topological polar surface area (TPSA) is 50.3 Å². The molecule has 1 N–H and O–H groups in total. The van der Waals surface area contributed by atoms with Crippen LogP contribution in [0, 0.1) is 5.82 Å². The molecule has 0 unspecified atom stereocenters. The predicted molar refractivity (Wildman–Crippen MR) is 98.9 cm³/mol. The maximum atomic E-state index is 13.8. The molecule has 0 amide bonds. The molecule has 1 saturated heterocycles. The van der Waals surface area contributed by atoms with E-state index in [0.717, 1.165) is 49.7 Å². The number of rotatable bonds is 6. The van der Waals surface area contributed by atoms with Crippen molar-refractivity contribution < 1.29 is 9.13 Å². The van der Waals surface area contributed by atoms with Gasteiger partial charge in [-0.25, -0.2) is 14.4 Å². The second kappa shape index (κ2) is 7.58. The number of likely N-dealkylation sites (tertiary alicyclic amines) is 1. The molecule has 1 aromatic carbocycles. The zero-order valence-electron chi connectivity index (χ0n) is 15.1. The average molecular weight is 356 g/mol. The molecule has 0 spiro atoms. The Morgan fingerprint density at radius 3 is 2.69 bits per heavy atom. The fraction of sp³-hybridized carbons (Fsp3) is 0.500. The lowest BCUT2D eigenvalue weighted by Gasteiger charge is -2.32. The van der Waals surface area contributed by atoms with Crippen molar-refractivity contribution in [3.63, 3.8) is 0 Å². The number of halogens is 1. The minimum atomic E-state index is -0.295. The smallest absolute Gasteiger partial charge is 0.165 e. The van der Waals surface area contributed by atoms with Crippen LogP contribution >= 0.6 is 0 Å². The van der Waals surface area contributed by atoms with E-state index in [0.29, 0.717) is 17.7 Å². The maximum Gasteiger partial charge on any atom is 0.165 e. The van der Waals surface area contributed by atoms with E-state index < -0.39 is 0 Å². The number of benzene rings is 1. The van der Waals surface area contributed by atoms with Gasteiger partial charge in [-0.2, -0.15) is 0 Å². The van der Waals surface area contributed by atoms with Crippen molar-refractivity contribution in [2.24, 2.45) is 0 Å². The average Bonchev–Trinajstić information content (AvgIpc) is 3.49. The zero-order chi connectivity index (χ0) is 17.9. The molecule has 2 aliphatic rings. The maximum absolute atomic E-state index is 13.8. The van der Waals surface area contributed by atoms with Crippen molar-refractivity contribution in [2.75, 3.05) is 25.5 Å². The highest BCUT2D eigenvalue weighted by Crippen LogP contribution is 2.38. The summed E-state index contributed by atoms with van der Waals surface area (Å²) in [6, 6.07) is 7.60. The molecule has 5 nitrogen and oxygen atoms in total. The number of hydrogen-bond acceptors (Lipinski definition) is 5. The zero-order valence-corrected chi connectivity index (χ0v) is 15.1. The van der Waals surface area contributed by atoms with Gasteiger partial charge >= 0.3 is 0 Å². The van der Waals surface area contributed by atoms with Crippen LogP contribution in [0.4, 0.5) is 10.2 Å². The standard InChI is InChI=1S/C20H25FN4O/c1-26-18-5-2-14(12-17(18)21)13-25-10-7-16(8-11-25)23-19-6-9-22-20(24-19)15-3-4-15/h2,5-6,9,12,15-16H,3-4,7-8,10-11,13H2,1H3,(H,22,23,24). The number of hydrogen-bond donors (Lipinski definition) is 1. The summed E-state index contributed by atoms with van der Waals surface area (Å²) < 4.78 is 18.8. The lowest BCUT2D eigenvalue weighted by atomic mass is 10.0. The second-order valence-electron chi connectivity index (χ2n) is 7.24. The summed E-state index contributed by atoms with van der Waals surface area (Å²) in [5.41, 5.74) is 0.986. The molecule has 0 atom stereocenters. The predicted octanol–water partition coefficient (Wildman–Crippen LogP) is 3.58. The molecule has 0 radical (unpaired) electrons. The molecule has 6 heteroatoms. The van der Waals surface area contributed by atoms with E-state index in [-0.39, 0.29) is 5.82 Å². The van der Waals surface area contributed by atoms with Gasteiger partial charge in [-0.3, -0.25) is 4.90 Å². The van der Waals surface area contributed by atoms with E-state index >= 15 is 0 Å². The van der Waals surface area contributed by atoms with Crippen molar-refractivity contribution >= 4 is 5.82 Å². The third kappa shape index (κ3) is 4.12. The van der Waals surface area contributed by atoms with Crippen LogP contribution in [0.25, 0.3) is 0 Å². The van der Waals surface area contributed by atoms with Crippen molar-refractivity contribution in [3.05, 3.63) is 47.7 Å². The summed E-state index contributed by atoms with van der Waals surface area (Å²) in [5, 5.41) is 3.56. The van der Waals surface area contributed by atoms with Crippen molar-refractivity contribution in [2.45, 2.75) is 44.2 Å². The van der Waals surface area contributed by atoms with Crippen LogP contribution in [0.1, 0.15) is 43.0 Å². The molecule has 1 saturated carbocycles. The minimum Gasteiger partial charge on any atom is -0.494 e. The molecule has 1 aromatic heterocycles. The van der Waals surface area contributed by atoms with E-state index in [2.05, 4.69) is 20.2 Å². The van der Waals surface area contributed by atoms with Gasteiger partial charge in [0.25, 0.3) is 0 Å². The van der Waals surface area contributed by atoms with Gasteiger partial charge in [-0.15, -0.1) is 0 Å². The monoisotopic (exact) mass is 356 g/mol. The van der Waals surface area contributed by atoms with E-state index in [1.54, 1.807) is 12.1 Å². The molecule has 2 fully saturated rings. The number of nitrogens with zero attached hydrogens (tertiary/aromatic N) is 3. The van der Waals surface area contributed by atoms with Crippen LogP contribution in [0.3, 0.4) is 0 Å². The lowest BCUT2D eigenvalue weighted by Crippen LogP contribution is -2.38. The molecule has 1 aliphatic carbocycles. The highest BCUT2D eigenvalue weighted by Gasteiger charge is 2.27. The number of aromatic nitrogens is 2. The lowest BCUT2D eigenvalue weighted by molar-refractivity contribution is 0.211. The molecular formula is C20H25FN4O. The van der Waals surface area contributed by atoms with E-state index in [4.69, 9.17) is 4.74 Å². The Labute approximate surface area is 153 Å². The second-order valence-corrected chi connectivity index (χ2v) is 7.24. The molecule has 26 heavy (non-hydrogen) atoms. The van der Waals surface area contributed by atoms with Gasteiger partial charge in [0.05, 0.1) is 7.11 Å². The first kappa shape index (κ1) is 17.2. The number of methoxy groups -OCH3 is 1.